The number of amides is 1. The van der Waals surface area contributed by atoms with Crippen molar-refractivity contribution < 1.29 is 13.6 Å². The summed E-state index contributed by atoms with van der Waals surface area (Å²) in [6, 6.07) is 11.8. The number of thiophene rings is 1. The third-order valence-electron chi connectivity index (χ3n) is 5.99. The topological polar surface area (TPSA) is 56.1 Å². The van der Waals surface area contributed by atoms with Crippen LogP contribution in [0.5, 0.6) is 0 Å². The number of hydrogen-bond acceptors (Lipinski definition) is 4. The summed E-state index contributed by atoms with van der Waals surface area (Å²) in [7, 11) is 1.79. The van der Waals surface area contributed by atoms with Crippen molar-refractivity contribution in [1.82, 2.24) is 10.2 Å². The fraction of sp³-hybridized carbons (Fsp3) is 0.429. The van der Waals surface area contributed by atoms with Gasteiger partial charge in [-0.25, -0.2) is 8.78 Å². The molecule has 1 aromatic carbocycles. The van der Waals surface area contributed by atoms with Gasteiger partial charge >= 0.3 is 0 Å². The summed E-state index contributed by atoms with van der Waals surface area (Å²) in [5, 5.41) is 12.9. The molecule has 1 N–H and O–H groups in total. The monoisotopic (exact) mass is 401 g/mol. The second-order valence-corrected chi connectivity index (χ2v) is 9.06. The molecule has 1 aliphatic heterocycles. The lowest BCUT2D eigenvalue weighted by molar-refractivity contribution is -0.143. The molecule has 2 atom stereocenters. The Kier molecular flexibility index (Phi) is 4.15. The van der Waals surface area contributed by atoms with Gasteiger partial charge in [0.2, 0.25) is 5.91 Å². The lowest BCUT2D eigenvalue weighted by atomic mass is 9.75. The minimum Gasteiger partial charge on any atom is -0.327 e. The molecule has 0 bridgehead atoms. The van der Waals surface area contributed by atoms with Crippen molar-refractivity contribution in [1.29, 1.82) is 5.26 Å². The third kappa shape index (κ3) is 2.83. The average molecular weight is 401 g/mol. The first-order valence-corrected chi connectivity index (χ1v) is 9.98. The Hall–Kier alpha value is -2.30. The van der Waals surface area contributed by atoms with Gasteiger partial charge in [0, 0.05) is 24.4 Å². The van der Waals surface area contributed by atoms with Crippen LogP contribution in [0.1, 0.15) is 53.5 Å². The van der Waals surface area contributed by atoms with Gasteiger partial charge < -0.3 is 4.90 Å². The van der Waals surface area contributed by atoms with Crippen molar-refractivity contribution in [2.45, 2.75) is 49.7 Å². The molecule has 2 aromatic rings. The number of carbonyl (C=O) groups is 1. The Bertz CT molecular complexity index is 969. The standard InChI is InChI=1S/C21H21F2N3OS/c1-19(16-9-8-15(12-24)28-16)17(18(27)26(3)21(25-19)10-11-21)13-4-6-14(7-5-13)20(2,22)23/h4-9,17,25H,10-11H2,1-3H3/t17-,19+/m0/s1. The van der Waals surface area contributed by atoms with Crippen molar-refractivity contribution in [2.24, 2.45) is 0 Å². The van der Waals surface area contributed by atoms with E-state index >= 15 is 0 Å². The number of nitriles is 1. The number of nitrogens with zero attached hydrogens (tertiary/aromatic N) is 2. The quantitative estimate of drug-likeness (QED) is 0.835. The van der Waals surface area contributed by atoms with Crippen LogP contribution in [0.2, 0.25) is 0 Å². The Morgan fingerprint density at radius 1 is 1.25 bits per heavy atom. The molecule has 1 aliphatic carbocycles. The molecule has 2 heterocycles. The molecular formula is C21H21F2N3OS. The summed E-state index contributed by atoms with van der Waals surface area (Å²) in [6.07, 6.45) is 1.74. The normalized spacial score (nSPS) is 26.4. The van der Waals surface area contributed by atoms with Crippen LogP contribution in [0.3, 0.4) is 0 Å². The smallest absolute Gasteiger partial charge is 0.270 e. The van der Waals surface area contributed by atoms with Crippen LogP contribution in [-0.2, 0) is 16.3 Å². The van der Waals surface area contributed by atoms with Gasteiger partial charge in [-0.15, -0.1) is 11.3 Å². The predicted octanol–water partition coefficient (Wildman–Crippen LogP) is 4.28. The first-order chi connectivity index (χ1) is 13.1. The number of hydrogen-bond donors (Lipinski definition) is 1. The zero-order chi connectivity index (χ0) is 20.3. The van der Waals surface area contributed by atoms with Gasteiger partial charge in [0.05, 0.1) is 17.1 Å². The van der Waals surface area contributed by atoms with Crippen molar-refractivity contribution in [3.63, 3.8) is 0 Å². The molecule has 4 nitrogen and oxygen atoms in total. The summed E-state index contributed by atoms with van der Waals surface area (Å²) in [5.74, 6) is -3.55. The second-order valence-electron chi connectivity index (χ2n) is 7.98. The fourth-order valence-corrected chi connectivity index (χ4v) is 5.13. The van der Waals surface area contributed by atoms with Crippen LogP contribution in [0.25, 0.3) is 0 Å². The Morgan fingerprint density at radius 2 is 1.89 bits per heavy atom. The van der Waals surface area contributed by atoms with E-state index in [1.165, 1.54) is 23.5 Å². The van der Waals surface area contributed by atoms with E-state index < -0.39 is 17.4 Å². The average Bonchev–Trinajstić information content (AvgIpc) is 3.23. The van der Waals surface area contributed by atoms with Crippen molar-refractivity contribution in [3.8, 4) is 6.07 Å². The highest BCUT2D eigenvalue weighted by Gasteiger charge is 2.61. The highest BCUT2D eigenvalue weighted by molar-refractivity contribution is 7.12. The van der Waals surface area contributed by atoms with E-state index in [2.05, 4.69) is 11.4 Å². The van der Waals surface area contributed by atoms with Gasteiger partial charge in [-0.2, -0.15) is 5.26 Å². The summed E-state index contributed by atoms with van der Waals surface area (Å²) in [4.78, 5) is 16.6. The maximum absolute atomic E-state index is 13.6. The van der Waals surface area contributed by atoms with E-state index in [-0.39, 0.29) is 17.1 Å². The Morgan fingerprint density at radius 3 is 2.39 bits per heavy atom. The molecule has 7 heteroatoms. The molecule has 1 saturated carbocycles. The summed E-state index contributed by atoms with van der Waals surface area (Å²) < 4.78 is 27.2. The van der Waals surface area contributed by atoms with Crippen molar-refractivity contribution in [2.75, 3.05) is 7.05 Å². The highest BCUT2D eigenvalue weighted by atomic mass is 32.1. The lowest BCUT2D eigenvalue weighted by Gasteiger charge is -2.50. The van der Waals surface area contributed by atoms with Gasteiger partial charge in [-0.3, -0.25) is 10.1 Å². The maximum atomic E-state index is 13.6. The number of carbonyl (C=O) groups excluding carboxylic acids is 1. The van der Waals surface area contributed by atoms with Crippen LogP contribution in [0.4, 0.5) is 8.78 Å². The zero-order valence-electron chi connectivity index (χ0n) is 15.9. The van der Waals surface area contributed by atoms with Gasteiger partial charge in [0.25, 0.3) is 5.92 Å². The predicted molar refractivity (Wildman–Crippen MR) is 103 cm³/mol. The number of alkyl halides is 2. The first-order valence-electron chi connectivity index (χ1n) is 9.16. The number of likely N-dealkylation sites (N-methyl/N-ethyl adjacent to an activating group) is 1. The van der Waals surface area contributed by atoms with Crippen LogP contribution in [0, 0.1) is 11.3 Å². The van der Waals surface area contributed by atoms with Crippen LogP contribution in [0.15, 0.2) is 36.4 Å². The number of nitrogens with one attached hydrogen (secondary N) is 1. The zero-order valence-corrected chi connectivity index (χ0v) is 16.7. The van der Waals surface area contributed by atoms with Crippen molar-refractivity contribution >= 4 is 17.2 Å². The minimum absolute atomic E-state index is 0.0401. The van der Waals surface area contributed by atoms with Crippen molar-refractivity contribution in [3.05, 3.63) is 57.3 Å². The summed E-state index contributed by atoms with van der Waals surface area (Å²) >= 11 is 1.36. The van der Waals surface area contributed by atoms with Gasteiger partial charge in [0.15, 0.2) is 0 Å². The van der Waals surface area contributed by atoms with E-state index in [9.17, 15) is 18.8 Å². The molecule has 1 amide bonds. The summed E-state index contributed by atoms with van der Waals surface area (Å²) in [5.41, 5.74) is -0.489. The molecule has 2 aliphatic rings. The van der Waals surface area contributed by atoms with E-state index in [1.807, 2.05) is 13.0 Å². The van der Waals surface area contributed by atoms with Crippen LogP contribution in [-0.4, -0.2) is 23.5 Å². The molecule has 1 aromatic heterocycles. The van der Waals surface area contributed by atoms with Crippen LogP contribution >= 0.6 is 11.3 Å². The van der Waals surface area contributed by atoms with E-state index in [4.69, 9.17) is 0 Å². The van der Waals surface area contributed by atoms with E-state index in [0.29, 0.717) is 10.4 Å². The Labute approximate surface area is 166 Å². The molecule has 4 rings (SSSR count). The SMILES string of the molecule is CN1C(=O)[C@H](c2ccc(C(C)(F)F)cc2)[C@@](C)(c2ccc(C#N)s2)NC12CC2. The second kappa shape index (κ2) is 6.10. The molecule has 0 radical (unpaired) electrons. The van der Waals surface area contributed by atoms with Gasteiger partial charge in [-0.05, 0) is 37.5 Å². The molecule has 1 saturated heterocycles. The largest absolute Gasteiger partial charge is 0.327 e. The Balaban J connectivity index is 1.81. The van der Waals surface area contributed by atoms with E-state index in [1.54, 1.807) is 30.1 Å². The molecular weight excluding hydrogens is 380 g/mol. The number of halogens is 2. The molecule has 0 unspecified atom stereocenters. The lowest BCUT2D eigenvalue weighted by Crippen LogP contribution is -2.66. The van der Waals surface area contributed by atoms with Gasteiger partial charge in [0.1, 0.15) is 10.9 Å². The highest BCUT2D eigenvalue weighted by Crippen LogP contribution is 2.52. The molecule has 146 valence electrons. The van der Waals surface area contributed by atoms with Crippen LogP contribution < -0.4 is 5.32 Å². The summed E-state index contributed by atoms with van der Waals surface area (Å²) in [6.45, 7) is 2.83. The third-order valence-corrected chi connectivity index (χ3v) is 7.22. The number of rotatable bonds is 3. The minimum atomic E-state index is -2.93. The number of benzene rings is 1. The van der Waals surface area contributed by atoms with E-state index in [0.717, 1.165) is 24.6 Å². The van der Waals surface area contributed by atoms with Gasteiger partial charge in [-0.1, -0.05) is 24.3 Å². The molecule has 2 fully saturated rings. The molecule has 28 heavy (non-hydrogen) atoms. The maximum Gasteiger partial charge on any atom is 0.270 e. The first kappa shape index (κ1) is 19.0. The molecule has 1 spiro atoms. The fourth-order valence-electron chi connectivity index (χ4n) is 4.19.